The Hall–Kier alpha value is -1.82. The van der Waals surface area contributed by atoms with Crippen LogP contribution in [0.15, 0.2) is 35.7 Å². The summed E-state index contributed by atoms with van der Waals surface area (Å²) in [6.07, 6.45) is 2.44. The first-order chi connectivity index (χ1) is 9.97. The van der Waals surface area contributed by atoms with Gasteiger partial charge in [-0.1, -0.05) is 29.3 Å². The molecule has 1 heterocycles. The van der Waals surface area contributed by atoms with E-state index < -0.39 is 5.97 Å². The number of halogens is 2. The molecule has 1 amide bonds. The molecule has 0 unspecified atom stereocenters. The van der Waals surface area contributed by atoms with Gasteiger partial charge in [-0.2, -0.15) is 0 Å². The van der Waals surface area contributed by atoms with E-state index in [1.165, 1.54) is 17.4 Å². The van der Waals surface area contributed by atoms with E-state index in [0.29, 0.717) is 21.2 Å². The van der Waals surface area contributed by atoms with Crippen LogP contribution in [-0.2, 0) is 4.79 Å². The molecule has 0 aliphatic rings. The highest BCUT2D eigenvalue weighted by atomic mass is 35.5. The highest BCUT2D eigenvalue weighted by molar-refractivity contribution is 7.11. The highest BCUT2D eigenvalue weighted by Crippen LogP contribution is 2.30. The summed E-state index contributed by atoms with van der Waals surface area (Å²) in [7, 11) is 0. The highest BCUT2D eigenvalue weighted by Gasteiger charge is 2.11. The maximum Gasteiger partial charge on any atom is 0.328 e. The molecule has 0 aliphatic carbocycles. The minimum atomic E-state index is -1.04. The largest absolute Gasteiger partial charge is 0.478 e. The zero-order valence-electron chi connectivity index (χ0n) is 10.5. The van der Waals surface area contributed by atoms with Gasteiger partial charge in [-0.15, -0.1) is 11.3 Å². The van der Waals surface area contributed by atoms with Gasteiger partial charge in [-0.05, 0) is 24.3 Å². The Labute approximate surface area is 134 Å². The second kappa shape index (κ2) is 6.76. The number of carbonyl (C=O) groups excluding carboxylic acids is 1. The Morgan fingerprint density at radius 1 is 1.29 bits per heavy atom. The third-order valence-corrected chi connectivity index (χ3v) is 4.19. The van der Waals surface area contributed by atoms with Crippen LogP contribution >= 0.6 is 34.5 Å². The van der Waals surface area contributed by atoms with E-state index in [2.05, 4.69) is 5.32 Å². The lowest BCUT2D eigenvalue weighted by molar-refractivity contribution is -0.131. The van der Waals surface area contributed by atoms with Gasteiger partial charge in [0, 0.05) is 16.3 Å². The fraction of sp³-hybridized carbons (Fsp3) is 0. The quantitative estimate of drug-likeness (QED) is 0.809. The molecule has 21 heavy (non-hydrogen) atoms. The minimum Gasteiger partial charge on any atom is -0.478 e. The topological polar surface area (TPSA) is 66.4 Å². The van der Waals surface area contributed by atoms with E-state index in [1.54, 1.807) is 29.6 Å². The predicted molar refractivity (Wildman–Crippen MR) is 85.4 cm³/mol. The predicted octanol–water partition coefficient (Wildman–Crippen LogP) is 4.41. The number of carboxylic acid groups (broad SMARTS) is 1. The van der Waals surface area contributed by atoms with Crippen molar-refractivity contribution in [1.82, 2.24) is 0 Å². The number of hydrogen-bond acceptors (Lipinski definition) is 3. The van der Waals surface area contributed by atoms with Crippen LogP contribution in [0.2, 0.25) is 10.0 Å². The average molecular weight is 342 g/mol. The van der Waals surface area contributed by atoms with Gasteiger partial charge in [0.25, 0.3) is 5.91 Å². The molecule has 0 fully saturated rings. The van der Waals surface area contributed by atoms with Crippen molar-refractivity contribution in [2.24, 2.45) is 0 Å². The van der Waals surface area contributed by atoms with E-state index in [0.717, 1.165) is 6.08 Å². The van der Waals surface area contributed by atoms with Gasteiger partial charge in [0.2, 0.25) is 0 Å². The number of anilines is 1. The van der Waals surface area contributed by atoms with Crippen LogP contribution in [0, 0.1) is 0 Å². The van der Waals surface area contributed by atoms with E-state index in [9.17, 15) is 9.59 Å². The molecule has 0 saturated heterocycles. The summed E-state index contributed by atoms with van der Waals surface area (Å²) in [4.78, 5) is 23.2. The van der Waals surface area contributed by atoms with Gasteiger partial charge < -0.3 is 10.4 Å². The van der Waals surface area contributed by atoms with Crippen molar-refractivity contribution in [3.63, 3.8) is 0 Å². The van der Waals surface area contributed by atoms with E-state index in [-0.39, 0.29) is 10.9 Å². The van der Waals surface area contributed by atoms with Crippen molar-refractivity contribution >= 4 is 58.2 Å². The third-order valence-electron chi connectivity index (χ3n) is 2.47. The molecule has 2 N–H and O–H groups in total. The second-order valence-corrected chi connectivity index (χ2v) is 5.69. The van der Waals surface area contributed by atoms with Crippen molar-refractivity contribution < 1.29 is 14.7 Å². The number of benzene rings is 1. The molecular weight excluding hydrogens is 333 g/mol. The molecule has 0 radical (unpaired) electrons. The molecule has 0 aliphatic heterocycles. The van der Waals surface area contributed by atoms with Crippen molar-refractivity contribution in [3.8, 4) is 0 Å². The van der Waals surface area contributed by atoms with E-state index in [4.69, 9.17) is 28.3 Å². The molecule has 1 aromatic heterocycles. The lowest BCUT2D eigenvalue weighted by atomic mass is 10.2. The maximum absolute atomic E-state index is 12.1. The minimum absolute atomic E-state index is 0.272. The first kappa shape index (κ1) is 15.6. The summed E-state index contributed by atoms with van der Waals surface area (Å²) in [5.74, 6) is -1.38. The number of rotatable bonds is 4. The number of aliphatic carboxylic acids is 1. The van der Waals surface area contributed by atoms with Crippen LogP contribution < -0.4 is 5.32 Å². The lowest BCUT2D eigenvalue weighted by Gasteiger charge is -2.06. The van der Waals surface area contributed by atoms with Crippen molar-refractivity contribution in [2.45, 2.75) is 0 Å². The molecule has 108 valence electrons. The van der Waals surface area contributed by atoms with E-state index >= 15 is 0 Å². The Balaban J connectivity index is 2.14. The monoisotopic (exact) mass is 341 g/mol. The summed E-state index contributed by atoms with van der Waals surface area (Å²) < 4.78 is 0. The second-order valence-electron chi connectivity index (χ2n) is 3.96. The van der Waals surface area contributed by atoms with Gasteiger partial charge in [0.05, 0.1) is 21.3 Å². The standard InChI is InChI=1S/C14H9Cl2NO3S/c15-10-2-1-3-11(13(10)16)17-14(20)8-6-9(21-7-8)4-5-12(18)19/h1-7H,(H,17,20)(H,18,19). The molecule has 4 nitrogen and oxygen atoms in total. The van der Waals surface area contributed by atoms with Gasteiger partial charge in [-0.3, -0.25) is 4.79 Å². The van der Waals surface area contributed by atoms with Gasteiger partial charge in [-0.25, -0.2) is 4.79 Å². The first-order valence-corrected chi connectivity index (χ1v) is 7.36. The summed E-state index contributed by atoms with van der Waals surface area (Å²) in [5, 5.41) is 13.5. The summed E-state index contributed by atoms with van der Waals surface area (Å²) in [6.45, 7) is 0. The van der Waals surface area contributed by atoms with Crippen molar-refractivity contribution in [3.05, 3.63) is 56.2 Å². The first-order valence-electron chi connectivity index (χ1n) is 5.72. The van der Waals surface area contributed by atoms with Crippen molar-refractivity contribution in [2.75, 3.05) is 5.32 Å². The van der Waals surface area contributed by atoms with Gasteiger partial charge >= 0.3 is 5.97 Å². The van der Waals surface area contributed by atoms with Crippen LogP contribution in [0.5, 0.6) is 0 Å². The zero-order valence-corrected chi connectivity index (χ0v) is 12.8. The smallest absolute Gasteiger partial charge is 0.328 e. The Morgan fingerprint density at radius 2 is 2.05 bits per heavy atom. The molecule has 0 bridgehead atoms. The van der Waals surface area contributed by atoms with E-state index in [1.807, 2.05) is 0 Å². The van der Waals surface area contributed by atoms with Crippen LogP contribution in [0.3, 0.4) is 0 Å². The molecule has 7 heteroatoms. The molecule has 0 spiro atoms. The number of amides is 1. The average Bonchev–Trinajstić information content (AvgIpc) is 2.90. The van der Waals surface area contributed by atoms with Crippen LogP contribution in [0.25, 0.3) is 6.08 Å². The fourth-order valence-electron chi connectivity index (χ4n) is 1.51. The number of hydrogen-bond donors (Lipinski definition) is 2. The zero-order chi connectivity index (χ0) is 15.4. The fourth-order valence-corrected chi connectivity index (χ4v) is 2.64. The Kier molecular flexibility index (Phi) is 5.01. The maximum atomic E-state index is 12.1. The Bertz CT molecular complexity index is 725. The molecule has 2 rings (SSSR count). The van der Waals surface area contributed by atoms with Crippen LogP contribution in [0.1, 0.15) is 15.2 Å². The Morgan fingerprint density at radius 3 is 2.76 bits per heavy atom. The number of carbonyl (C=O) groups is 2. The number of carboxylic acids is 1. The normalized spacial score (nSPS) is 10.8. The SMILES string of the molecule is O=C(O)C=Cc1cc(C(=O)Nc2cccc(Cl)c2Cl)cs1. The molecule has 0 saturated carbocycles. The summed E-state index contributed by atoms with van der Waals surface area (Å²) in [6, 6.07) is 6.54. The molecule has 1 aromatic carbocycles. The number of nitrogens with one attached hydrogen (secondary N) is 1. The van der Waals surface area contributed by atoms with Crippen LogP contribution in [0.4, 0.5) is 5.69 Å². The van der Waals surface area contributed by atoms with Crippen molar-refractivity contribution in [1.29, 1.82) is 0 Å². The lowest BCUT2D eigenvalue weighted by Crippen LogP contribution is -2.11. The van der Waals surface area contributed by atoms with Crippen LogP contribution in [-0.4, -0.2) is 17.0 Å². The molecule has 2 aromatic rings. The summed E-state index contributed by atoms with van der Waals surface area (Å²) in [5.41, 5.74) is 0.837. The molecule has 0 atom stereocenters. The summed E-state index contributed by atoms with van der Waals surface area (Å²) >= 11 is 13.1. The number of thiophene rings is 1. The molecular formula is C14H9Cl2NO3S. The third kappa shape index (κ3) is 4.07. The van der Waals surface area contributed by atoms with Gasteiger partial charge in [0.15, 0.2) is 0 Å². The van der Waals surface area contributed by atoms with Gasteiger partial charge in [0.1, 0.15) is 0 Å².